The van der Waals surface area contributed by atoms with Crippen molar-refractivity contribution in [1.29, 1.82) is 0 Å². The highest BCUT2D eigenvalue weighted by Gasteiger charge is 2.16. The predicted octanol–water partition coefficient (Wildman–Crippen LogP) is 5.15. The molecule has 0 amide bonds. The Morgan fingerprint density at radius 1 is 1.04 bits per heavy atom. The fourth-order valence-electron chi connectivity index (χ4n) is 2.34. The van der Waals surface area contributed by atoms with E-state index < -0.39 is 0 Å². The molecule has 23 heavy (non-hydrogen) atoms. The molecule has 3 rings (SSSR count). The van der Waals surface area contributed by atoms with Gasteiger partial charge in [0.15, 0.2) is 0 Å². The molecule has 0 bridgehead atoms. The zero-order chi connectivity index (χ0) is 16.6. The number of fused-ring (bicyclic) bond motifs is 1. The van der Waals surface area contributed by atoms with Gasteiger partial charge in [0.25, 0.3) is 0 Å². The van der Waals surface area contributed by atoms with Gasteiger partial charge in [-0.25, -0.2) is 9.97 Å². The number of pyridine rings is 1. The Morgan fingerprint density at radius 2 is 1.78 bits per heavy atom. The fraction of sp³-hybridized carbons (Fsp3) is 0.294. The summed E-state index contributed by atoms with van der Waals surface area (Å²) in [6.07, 6.45) is 0. The number of ether oxygens (including phenoxy) is 2. The summed E-state index contributed by atoms with van der Waals surface area (Å²) < 4.78 is 10.8. The second-order valence-electron chi connectivity index (χ2n) is 5.41. The number of nitrogens with zero attached hydrogens (tertiary/aromatic N) is 2. The molecular formula is C17H17ClN2O2S. The molecule has 4 nitrogen and oxygen atoms in total. The third-order valence-corrected chi connectivity index (χ3v) is 5.07. The normalized spacial score (nSPS) is 11.2. The van der Waals surface area contributed by atoms with Crippen molar-refractivity contribution in [3.8, 4) is 22.9 Å². The molecule has 6 heteroatoms. The zero-order valence-electron chi connectivity index (χ0n) is 13.4. The van der Waals surface area contributed by atoms with Gasteiger partial charge in [-0.15, -0.1) is 11.3 Å². The van der Waals surface area contributed by atoms with Crippen LogP contribution in [0.5, 0.6) is 11.5 Å². The minimum Gasteiger partial charge on any atom is -0.496 e. The molecule has 3 aromatic rings. The van der Waals surface area contributed by atoms with Crippen LogP contribution in [0.4, 0.5) is 0 Å². The molecule has 0 unspecified atom stereocenters. The Labute approximate surface area is 144 Å². The standard InChI is InChI=1S/C17H17ClN2O2S/c1-9(2)17-20-12(8-23-17)11-7-14(22-4)10-5-6-13(21-3)15(18)16(10)19-11/h5-9H,1-4H3. The Hall–Kier alpha value is -1.85. The molecule has 0 N–H and O–H groups in total. The average Bonchev–Trinajstić information content (AvgIpc) is 3.05. The fourth-order valence-corrected chi connectivity index (χ4v) is 3.45. The summed E-state index contributed by atoms with van der Waals surface area (Å²) >= 11 is 8.06. The number of methoxy groups -OCH3 is 2. The summed E-state index contributed by atoms with van der Waals surface area (Å²) in [4.78, 5) is 9.35. The average molecular weight is 349 g/mol. The minimum absolute atomic E-state index is 0.389. The largest absolute Gasteiger partial charge is 0.496 e. The molecule has 2 heterocycles. The Bertz CT molecular complexity index is 861. The Kier molecular flexibility index (Phi) is 4.41. The van der Waals surface area contributed by atoms with Crippen LogP contribution >= 0.6 is 22.9 Å². The summed E-state index contributed by atoms with van der Waals surface area (Å²) in [6.45, 7) is 4.25. The maximum Gasteiger partial charge on any atom is 0.139 e. The molecule has 120 valence electrons. The molecule has 0 spiro atoms. The molecule has 0 aliphatic heterocycles. The summed E-state index contributed by atoms with van der Waals surface area (Å²) in [7, 11) is 3.22. The lowest BCUT2D eigenvalue weighted by molar-refractivity contribution is 0.414. The van der Waals surface area contributed by atoms with E-state index in [9.17, 15) is 0 Å². The number of hydrogen-bond acceptors (Lipinski definition) is 5. The van der Waals surface area contributed by atoms with Crippen molar-refractivity contribution >= 4 is 33.8 Å². The number of rotatable bonds is 4. The summed E-state index contributed by atoms with van der Waals surface area (Å²) in [5.74, 6) is 1.69. The molecule has 0 saturated heterocycles. The van der Waals surface area contributed by atoms with Gasteiger partial charge in [0, 0.05) is 22.8 Å². The van der Waals surface area contributed by atoms with Gasteiger partial charge < -0.3 is 9.47 Å². The first-order valence-corrected chi connectivity index (χ1v) is 8.48. The number of benzene rings is 1. The number of thiazole rings is 1. The van der Waals surface area contributed by atoms with Crippen LogP contribution in [0.1, 0.15) is 24.8 Å². The van der Waals surface area contributed by atoms with Crippen LogP contribution in [0.2, 0.25) is 5.02 Å². The lowest BCUT2D eigenvalue weighted by Gasteiger charge is -2.11. The summed E-state index contributed by atoms with van der Waals surface area (Å²) in [6, 6.07) is 5.61. The molecule has 0 radical (unpaired) electrons. The van der Waals surface area contributed by atoms with Gasteiger partial charge in [0.05, 0.1) is 30.4 Å². The van der Waals surface area contributed by atoms with E-state index in [2.05, 4.69) is 23.8 Å². The van der Waals surface area contributed by atoms with Crippen LogP contribution in [0.15, 0.2) is 23.6 Å². The smallest absolute Gasteiger partial charge is 0.139 e. The Morgan fingerprint density at radius 3 is 2.39 bits per heavy atom. The van der Waals surface area contributed by atoms with Crippen molar-refractivity contribution < 1.29 is 9.47 Å². The SMILES string of the molecule is COc1ccc2c(OC)cc(-c3csc(C(C)C)n3)nc2c1Cl. The van der Waals surface area contributed by atoms with Crippen LogP contribution < -0.4 is 9.47 Å². The highest BCUT2D eigenvalue weighted by atomic mass is 35.5. The third-order valence-electron chi connectivity index (χ3n) is 3.56. The van der Waals surface area contributed by atoms with Gasteiger partial charge in [-0.05, 0) is 12.1 Å². The van der Waals surface area contributed by atoms with E-state index in [1.807, 2.05) is 23.6 Å². The molecule has 0 aliphatic carbocycles. The predicted molar refractivity (Wildman–Crippen MR) is 95.1 cm³/mol. The Balaban J connectivity index is 2.23. The van der Waals surface area contributed by atoms with Crippen LogP contribution in [0.3, 0.4) is 0 Å². The van der Waals surface area contributed by atoms with Crippen LogP contribution in [-0.2, 0) is 0 Å². The molecule has 0 saturated carbocycles. The number of aromatic nitrogens is 2. The van der Waals surface area contributed by atoms with Gasteiger partial charge in [0.1, 0.15) is 22.2 Å². The third kappa shape index (κ3) is 2.86. The molecule has 0 atom stereocenters. The van der Waals surface area contributed by atoms with Crippen molar-refractivity contribution in [3.63, 3.8) is 0 Å². The second kappa shape index (κ2) is 6.34. The minimum atomic E-state index is 0.389. The van der Waals surface area contributed by atoms with Crippen LogP contribution in [-0.4, -0.2) is 24.2 Å². The lowest BCUT2D eigenvalue weighted by Crippen LogP contribution is -1.94. The van der Waals surface area contributed by atoms with E-state index in [1.165, 1.54) is 0 Å². The lowest BCUT2D eigenvalue weighted by atomic mass is 10.1. The van der Waals surface area contributed by atoms with Crippen molar-refractivity contribution in [2.75, 3.05) is 14.2 Å². The monoisotopic (exact) mass is 348 g/mol. The van der Waals surface area contributed by atoms with Gasteiger partial charge in [-0.3, -0.25) is 0 Å². The van der Waals surface area contributed by atoms with Crippen LogP contribution in [0.25, 0.3) is 22.3 Å². The highest BCUT2D eigenvalue weighted by molar-refractivity contribution is 7.10. The first-order chi connectivity index (χ1) is 11.0. The van der Waals surface area contributed by atoms with Crippen molar-refractivity contribution in [2.45, 2.75) is 19.8 Å². The first-order valence-electron chi connectivity index (χ1n) is 7.22. The zero-order valence-corrected chi connectivity index (χ0v) is 15.0. The van der Waals surface area contributed by atoms with Gasteiger partial charge in [-0.2, -0.15) is 0 Å². The molecule has 1 aromatic carbocycles. The first kappa shape index (κ1) is 16.0. The summed E-state index contributed by atoms with van der Waals surface area (Å²) in [5.41, 5.74) is 2.23. The topological polar surface area (TPSA) is 44.2 Å². The molecule has 0 fully saturated rings. The van der Waals surface area contributed by atoms with E-state index in [4.69, 9.17) is 21.1 Å². The van der Waals surface area contributed by atoms with E-state index in [-0.39, 0.29) is 0 Å². The van der Waals surface area contributed by atoms with E-state index in [0.29, 0.717) is 28.0 Å². The molecular weight excluding hydrogens is 332 g/mol. The van der Waals surface area contributed by atoms with Gasteiger partial charge in [0.2, 0.25) is 0 Å². The molecule has 2 aromatic heterocycles. The maximum atomic E-state index is 6.42. The van der Waals surface area contributed by atoms with Crippen molar-refractivity contribution in [1.82, 2.24) is 9.97 Å². The van der Waals surface area contributed by atoms with E-state index in [0.717, 1.165) is 21.8 Å². The van der Waals surface area contributed by atoms with Gasteiger partial charge >= 0.3 is 0 Å². The number of halogens is 1. The summed E-state index contributed by atoms with van der Waals surface area (Å²) in [5, 5.41) is 4.42. The maximum absolute atomic E-state index is 6.42. The van der Waals surface area contributed by atoms with Crippen molar-refractivity contribution in [3.05, 3.63) is 33.6 Å². The number of hydrogen-bond donors (Lipinski definition) is 0. The quantitative estimate of drug-likeness (QED) is 0.653. The van der Waals surface area contributed by atoms with E-state index >= 15 is 0 Å². The van der Waals surface area contributed by atoms with Gasteiger partial charge in [-0.1, -0.05) is 25.4 Å². The highest BCUT2D eigenvalue weighted by Crippen LogP contribution is 2.38. The second-order valence-corrected chi connectivity index (χ2v) is 6.68. The molecule has 0 aliphatic rings. The van der Waals surface area contributed by atoms with E-state index in [1.54, 1.807) is 25.6 Å². The van der Waals surface area contributed by atoms with Crippen LogP contribution in [0, 0.1) is 0 Å². The van der Waals surface area contributed by atoms with Crippen molar-refractivity contribution in [2.24, 2.45) is 0 Å².